The predicted molar refractivity (Wildman–Crippen MR) is 31.5 cm³/mol. The number of aryl methyl sites for hydroxylation is 1. The van der Waals surface area contributed by atoms with Crippen molar-refractivity contribution in [2.24, 2.45) is 7.05 Å². The van der Waals surface area contributed by atoms with E-state index in [1.165, 1.54) is 7.05 Å². The SMILES string of the molecule is Cn1[c]c([N+](=O)[O-])[nH]c1=O. The van der Waals surface area contributed by atoms with Gasteiger partial charge in [0.25, 0.3) is 0 Å². The molecular weight excluding hydrogens is 138 g/mol. The molecule has 6 heteroatoms. The van der Waals surface area contributed by atoms with E-state index in [-0.39, 0.29) is 0 Å². The van der Waals surface area contributed by atoms with E-state index in [0.717, 1.165) is 4.57 Å². The van der Waals surface area contributed by atoms with Crippen molar-refractivity contribution in [1.29, 1.82) is 0 Å². The number of aromatic amines is 1. The Hall–Kier alpha value is -1.59. The molecule has 1 radical (unpaired) electrons. The van der Waals surface area contributed by atoms with Crippen molar-refractivity contribution >= 4 is 5.82 Å². The van der Waals surface area contributed by atoms with Gasteiger partial charge in [-0.3, -0.25) is 4.57 Å². The highest BCUT2D eigenvalue weighted by molar-refractivity contribution is 5.09. The summed E-state index contributed by atoms with van der Waals surface area (Å²) in [6.07, 6.45) is 2.19. The number of rotatable bonds is 1. The fraction of sp³-hybridized carbons (Fsp3) is 0.250. The summed E-state index contributed by atoms with van der Waals surface area (Å²) in [7, 11) is 1.38. The molecule has 0 aliphatic heterocycles. The lowest BCUT2D eigenvalue weighted by Gasteiger charge is -1.83. The number of hydrogen-bond donors (Lipinski definition) is 1. The van der Waals surface area contributed by atoms with Gasteiger partial charge in [-0.2, -0.15) is 4.98 Å². The quantitative estimate of drug-likeness (QED) is 0.420. The van der Waals surface area contributed by atoms with Crippen LogP contribution in [0.1, 0.15) is 0 Å². The maximum absolute atomic E-state index is 10.5. The van der Waals surface area contributed by atoms with Crippen LogP contribution >= 0.6 is 0 Å². The third-order valence-corrected chi connectivity index (χ3v) is 0.986. The average Bonchev–Trinajstić information content (AvgIpc) is 2.13. The first-order valence-electron chi connectivity index (χ1n) is 2.44. The average molecular weight is 142 g/mol. The highest BCUT2D eigenvalue weighted by atomic mass is 16.6. The molecular formula is C4H4N3O3. The minimum Gasteiger partial charge on any atom is -0.358 e. The fourth-order valence-corrected chi connectivity index (χ4v) is 0.509. The van der Waals surface area contributed by atoms with Crippen molar-refractivity contribution in [3.05, 3.63) is 26.8 Å². The Morgan fingerprint density at radius 2 is 2.40 bits per heavy atom. The molecule has 1 N–H and O–H groups in total. The van der Waals surface area contributed by atoms with Crippen molar-refractivity contribution in [3.8, 4) is 0 Å². The van der Waals surface area contributed by atoms with Crippen molar-refractivity contribution in [2.75, 3.05) is 0 Å². The summed E-state index contributed by atoms with van der Waals surface area (Å²) in [6.45, 7) is 0. The maximum Gasteiger partial charge on any atom is 0.413 e. The van der Waals surface area contributed by atoms with Gasteiger partial charge in [0.1, 0.15) is 0 Å². The number of hydrogen-bond acceptors (Lipinski definition) is 3. The van der Waals surface area contributed by atoms with Crippen LogP contribution in [0.3, 0.4) is 0 Å². The summed E-state index contributed by atoms with van der Waals surface area (Å²) in [6, 6.07) is 0. The summed E-state index contributed by atoms with van der Waals surface area (Å²) in [5, 5.41) is 9.96. The Bertz CT molecular complexity index is 310. The molecule has 0 fully saturated rings. The lowest BCUT2D eigenvalue weighted by molar-refractivity contribution is -0.389. The zero-order chi connectivity index (χ0) is 7.72. The Morgan fingerprint density at radius 3 is 2.60 bits per heavy atom. The van der Waals surface area contributed by atoms with Crippen LogP contribution in [0.4, 0.5) is 5.82 Å². The van der Waals surface area contributed by atoms with Gasteiger partial charge in [-0.15, -0.1) is 0 Å². The van der Waals surface area contributed by atoms with E-state index in [2.05, 4.69) is 6.20 Å². The third kappa shape index (κ3) is 0.903. The molecule has 6 nitrogen and oxygen atoms in total. The lowest BCUT2D eigenvalue weighted by atomic mass is 10.8. The highest BCUT2D eigenvalue weighted by Crippen LogP contribution is 1.98. The van der Waals surface area contributed by atoms with Gasteiger partial charge < -0.3 is 10.1 Å². The molecule has 10 heavy (non-hydrogen) atoms. The Kier molecular flexibility index (Phi) is 1.29. The van der Waals surface area contributed by atoms with Crippen LogP contribution in [0, 0.1) is 16.3 Å². The molecule has 1 rings (SSSR count). The van der Waals surface area contributed by atoms with E-state index in [1.807, 2.05) is 4.98 Å². The Labute approximate surface area is 55.2 Å². The van der Waals surface area contributed by atoms with E-state index in [1.54, 1.807) is 0 Å². The highest BCUT2D eigenvalue weighted by Gasteiger charge is 2.08. The molecule has 0 bridgehead atoms. The molecule has 0 aliphatic carbocycles. The summed E-state index contributed by atoms with van der Waals surface area (Å²) in [4.78, 5) is 21.8. The van der Waals surface area contributed by atoms with Crippen LogP contribution < -0.4 is 5.69 Å². The van der Waals surface area contributed by atoms with Gasteiger partial charge in [-0.25, -0.2) is 4.79 Å². The van der Waals surface area contributed by atoms with Gasteiger partial charge in [0.15, 0.2) is 6.20 Å². The zero-order valence-corrected chi connectivity index (χ0v) is 5.12. The molecule has 1 heterocycles. The van der Waals surface area contributed by atoms with E-state index in [4.69, 9.17) is 0 Å². The Morgan fingerprint density at radius 1 is 1.80 bits per heavy atom. The first-order valence-corrected chi connectivity index (χ1v) is 2.44. The first kappa shape index (κ1) is 6.53. The number of H-pyrrole nitrogens is 1. The van der Waals surface area contributed by atoms with Gasteiger partial charge in [-0.1, -0.05) is 0 Å². The summed E-state index contributed by atoms with van der Waals surface area (Å²) >= 11 is 0. The van der Waals surface area contributed by atoms with Crippen LogP contribution in [-0.2, 0) is 7.05 Å². The van der Waals surface area contributed by atoms with Gasteiger partial charge in [-0.05, 0) is 4.92 Å². The topological polar surface area (TPSA) is 80.9 Å². The molecule has 0 aromatic carbocycles. The molecule has 1 aromatic rings. The molecule has 1 aromatic heterocycles. The summed E-state index contributed by atoms with van der Waals surface area (Å²) in [5.41, 5.74) is -0.535. The number of nitro groups is 1. The van der Waals surface area contributed by atoms with Crippen LogP contribution in [0.15, 0.2) is 4.79 Å². The Balaban J connectivity index is 3.23. The molecule has 0 unspecified atom stereocenters. The van der Waals surface area contributed by atoms with E-state index in [0.29, 0.717) is 0 Å². The smallest absolute Gasteiger partial charge is 0.358 e. The van der Waals surface area contributed by atoms with E-state index < -0.39 is 16.4 Å². The molecule has 0 atom stereocenters. The minimum absolute atomic E-state index is 0.410. The summed E-state index contributed by atoms with van der Waals surface area (Å²) < 4.78 is 0.984. The largest absolute Gasteiger partial charge is 0.413 e. The second-order valence-corrected chi connectivity index (χ2v) is 1.71. The standard InChI is InChI=1S/C4H4N3O3/c1-6-2-3(7(9)10)5-4(6)8/h1H3,(H,5,8). The van der Waals surface area contributed by atoms with Gasteiger partial charge in [0, 0.05) is 7.05 Å². The van der Waals surface area contributed by atoms with Crippen LogP contribution in [-0.4, -0.2) is 14.5 Å². The van der Waals surface area contributed by atoms with Gasteiger partial charge >= 0.3 is 11.5 Å². The van der Waals surface area contributed by atoms with E-state index >= 15 is 0 Å². The number of aromatic nitrogens is 2. The fourth-order valence-electron chi connectivity index (χ4n) is 0.509. The second-order valence-electron chi connectivity index (χ2n) is 1.71. The van der Waals surface area contributed by atoms with Gasteiger partial charge in [0.05, 0.1) is 0 Å². The molecule has 0 amide bonds. The molecule has 0 aliphatic rings. The van der Waals surface area contributed by atoms with Crippen LogP contribution in [0.2, 0.25) is 0 Å². The van der Waals surface area contributed by atoms with Crippen LogP contribution in [0.5, 0.6) is 0 Å². The van der Waals surface area contributed by atoms with E-state index in [9.17, 15) is 14.9 Å². The molecule has 53 valence electrons. The first-order chi connectivity index (χ1) is 4.61. The maximum atomic E-state index is 10.5. The second kappa shape index (κ2) is 1.98. The van der Waals surface area contributed by atoms with Gasteiger partial charge in [0.2, 0.25) is 0 Å². The summed E-state index contributed by atoms with van der Waals surface area (Å²) in [5.74, 6) is -0.410. The number of nitrogens with one attached hydrogen (secondary N) is 1. The lowest BCUT2D eigenvalue weighted by Crippen LogP contribution is -2.11. The van der Waals surface area contributed by atoms with Crippen molar-refractivity contribution in [1.82, 2.24) is 9.55 Å². The third-order valence-electron chi connectivity index (χ3n) is 0.986. The molecule has 0 saturated heterocycles. The number of imidazole rings is 1. The van der Waals surface area contributed by atoms with Crippen molar-refractivity contribution < 1.29 is 4.92 Å². The number of nitrogens with zero attached hydrogens (tertiary/aromatic N) is 2. The van der Waals surface area contributed by atoms with Crippen molar-refractivity contribution in [3.63, 3.8) is 0 Å². The zero-order valence-electron chi connectivity index (χ0n) is 5.12. The predicted octanol–water partition coefficient (Wildman–Crippen LogP) is -0.578. The molecule has 0 spiro atoms. The van der Waals surface area contributed by atoms with Crippen LogP contribution in [0.25, 0.3) is 0 Å². The normalized spacial score (nSPS) is 9.70. The molecule has 0 saturated carbocycles. The monoisotopic (exact) mass is 142 g/mol. The van der Waals surface area contributed by atoms with Crippen molar-refractivity contribution in [2.45, 2.75) is 0 Å². The minimum atomic E-state index is -0.707.